The Hall–Kier alpha value is -0.730. The van der Waals surface area contributed by atoms with Crippen molar-refractivity contribution in [3.8, 4) is 5.75 Å². The monoisotopic (exact) mass is 309 g/mol. The second-order valence-corrected chi connectivity index (χ2v) is 7.21. The number of rotatable bonds is 5. The van der Waals surface area contributed by atoms with Crippen LogP contribution in [0.3, 0.4) is 0 Å². The van der Waals surface area contributed by atoms with Crippen LogP contribution < -0.4 is 4.74 Å². The topological polar surface area (TPSA) is 12.5 Å². The molecule has 1 saturated heterocycles. The van der Waals surface area contributed by atoms with Gasteiger partial charge in [0, 0.05) is 19.6 Å². The number of nitrogens with zero attached hydrogens (tertiary/aromatic N) is 1. The molecule has 1 aromatic rings. The molecule has 0 spiro atoms. The zero-order valence-electron chi connectivity index (χ0n) is 13.8. The van der Waals surface area contributed by atoms with Gasteiger partial charge in [0.05, 0.1) is 11.6 Å². The van der Waals surface area contributed by atoms with Crippen molar-refractivity contribution >= 4 is 11.6 Å². The van der Waals surface area contributed by atoms with Gasteiger partial charge < -0.3 is 9.64 Å². The van der Waals surface area contributed by atoms with Gasteiger partial charge in [-0.25, -0.2) is 0 Å². The van der Waals surface area contributed by atoms with Crippen molar-refractivity contribution in [3.05, 3.63) is 28.3 Å². The summed E-state index contributed by atoms with van der Waals surface area (Å²) in [4.78, 5) is 2.58. The summed E-state index contributed by atoms with van der Waals surface area (Å²) in [6, 6.07) is 4.09. The zero-order chi connectivity index (χ0) is 15.4. The van der Waals surface area contributed by atoms with E-state index in [0.29, 0.717) is 0 Å². The Morgan fingerprint density at radius 3 is 2.48 bits per heavy atom. The normalized spacial score (nSPS) is 23.3. The summed E-state index contributed by atoms with van der Waals surface area (Å²) in [6.07, 6.45) is 2.42. The van der Waals surface area contributed by atoms with Crippen LogP contribution in [0.4, 0.5) is 0 Å². The van der Waals surface area contributed by atoms with Gasteiger partial charge in [0.2, 0.25) is 0 Å². The van der Waals surface area contributed by atoms with Gasteiger partial charge in [-0.15, -0.1) is 0 Å². The molecule has 2 rings (SSSR count). The van der Waals surface area contributed by atoms with Gasteiger partial charge in [-0.2, -0.15) is 0 Å². The largest absolute Gasteiger partial charge is 0.492 e. The molecule has 21 heavy (non-hydrogen) atoms. The van der Waals surface area contributed by atoms with E-state index < -0.39 is 0 Å². The van der Waals surface area contributed by atoms with Gasteiger partial charge in [0.25, 0.3) is 0 Å². The first-order valence-corrected chi connectivity index (χ1v) is 8.45. The van der Waals surface area contributed by atoms with Crippen LogP contribution in [0.15, 0.2) is 12.1 Å². The Bertz CT molecular complexity index is 441. The molecule has 0 aromatic heterocycles. The molecule has 1 aliphatic heterocycles. The second kappa shape index (κ2) is 7.51. The number of halogens is 1. The SMILES string of the molecule is Cc1cc(C)c(OCCCN2C[C@@H](C)C[C@H](C)C2)c(Cl)c1. The third-order valence-electron chi connectivity index (χ3n) is 4.18. The van der Waals surface area contributed by atoms with E-state index in [0.717, 1.165) is 47.7 Å². The van der Waals surface area contributed by atoms with Crippen molar-refractivity contribution in [1.29, 1.82) is 0 Å². The van der Waals surface area contributed by atoms with Gasteiger partial charge in [0.1, 0.15) is 5.75 Å². The summed E-state index contributed by atoms with van der Waals surface area (Å²) >= 11 is 6.27. The molecular formula is C18H28ClNO. The number of benzene rings is 1. The molecule has 0 amide bonds. The Morgan fingerprint density at radius 1 is 1.19 bits per heavy atom. The van der Waals surface area contributed by atoms with Gasteiger partial charge in [-0.3, -0.25) is 0 Å². The molecule has 118 valence electrons. The number of likely N-dealkylation sites (tertiary alicyclic amines) is 1. The van der Waals surface area contributed by atoms with Crippen LogP contribution in [0, 0.1) is 25.7 Å². The lowest BCUT2D eigenvalue weighted by molar-refractivity contribution is 0.132. The lowest BCUT2D eigenvalue weighted by Crippen LogP contribution is -2.39. The van der Waals surface area contributed by atoms with Crippen molar-refractivity contribution in [3.63, 3.8) is 0 Å². The maximum atomic E-state index is 6.27. The van der Waals surface area contributed by atoms with E-state index in [2.05, 4.69) is 38.7 Å². The molecule has 1 fully saturated rings. The van der Waals surface area contributed by atoms with Crippen molar-refractivity contribution < 1.29 is 4.74 Å². The van der Waals surface area contributed by atoms with Crippen molar-refractivity contribution in [2.45, 2.75) is 40.5 Å². The lowest BCUT2D eigenvalue weighted by Gasteiger charge is -2.34. The van der Waals surface area contributed by atoms with E-state index in [1.807, 2.05) is 6.07 Å². The van der Waals surface area contributed by atoms with Crippen LogP contribution in [0.1, 0.15) is 37.8 Å². The van der Waals surface area contributed by atoms with E-state index in [4.69, 9.17) is 16.3 Å². The number of aryl methyl sites for hydroxylation is 2. The molecule has 0 radical (unpaired) electrons. The Labute approximate surface area is 134 Å². The number of hydrogen-bond donors (Lipinski definition) is 0. The average Bonchev–Trinajstić information content (AvgIpc) is 2.35. The van der Waals surface area contributed by atoms with Gasteiger partial charge in [0.15, 0.2) is 0 Å². The quantitative estimate of drug-likeness (QED) is 0.731. The summed E-state index contributed by atoms with van der Waals surface area (Å²) in [5.41, 5.74) is 2.31. The summed E-state index contributed by atoms with van der Waals surface area (Å²) in [6.45, 7) is 13.1. The van der Waals surface area contributed by atoms with Gasteiger partial charge in [-0.05, 0) is 55.7 Å². The van der Waals surface area contributed by atoms with E-state index in [1.54, 1.807) is 0 Å². The van der Waals surface area contributed by atoms with Crippen LogP contribution in [0.5, 0.6) is 5.75 Å². The second-order valence-electron chi connectivity index (χ2n) is 6.80. The van der Waals surface area contributed by atoms with Crippen molar-refractivity contribution in [1.82, 2.24) is 4.90 Å². The first kappa shape index (κ1) is 16.6. The Balaban J connectivity index is 1.77. The van der Waals surface area contributed by atoms with Crippen LogP contribution in [-0.2, 0) is 0 Å². The fourth-order valence-electron chi connectivity index (χ4n) is 3.52. The molecule has 3 heteroatoms. The molecule has 0 saturated carbocycles. The highest BCUT2D eigenvalue weighted by Crippen LogP contribution is 2.30. The molecule has 2 nitrogen and oxygen atoms in total. The molecule has 0 N–H and O–H groups in total. The first-order chi connectivity index (χ1) is 9.95. The average molecular weight is 310 g/mol. The third-order valence-corrected chi connectivity index (χ3v) is 4.46. The Morgan fingerprint density at radius 2 is 1.86 bits per heavy atom. The van der Waals surface area contributed by atoms with Crippen LogP contribution in [0.2, 0.25) is 5.02 Å². The maximum absolute atomic E-state index is 6.27. The highest BCUT2D eigenvalue weighted by Gasteiger charge is 2.21. The van der Waals surface area contributed by atoms with Gasteiger partial charge in [-0.1, -0.05) is 31.5 Å². The molecule has 1 aliphatic rings. The van der Waals surface area contributed by atoms with Gasteiger partial charge >= 0.3 is 0 Å². The van der Waals surface area contributed by atoms with E-state index in [-0.39, 0.29) is 0 Å². The molecule has 0 aliphatic carbocycles. The molecule has 2 atom stereocenters. The molecular weight excluding hydrogens is 282 g/mol. The lowest BCUT2D eigenvalue weighted by atomic mass is 9.92. The minimum atomic E-state index is 0.729. The molecule has 0 unspecified atom stereocenters. The summed E-state index contributed by atoms with van der Waals surface area (Å²) in [5.74, 6) is 2.49. The fourth-order valence-corrected chi connectivity index (χ4v) is 3.90. The van der Waals surface area contributed by atoms with Crippen molar-refractivity contribution in [2.24, 2.45) is 11.8 Å². The highest BCUT2D eigenvalue weighted by atomic mass is 35.5. The highest BCUT2D eigenvalue weighted by molar-refractivity contribution is 6.32. The fraction of sp³-hybridized carbons (Fsp3) is 0.667. The maximum Gasteiger partial charge on any atom is 0.140 e. The molecule has 1 heterocycles. The van der Waals surface area contributed by atoms with Crippen LogP contribution >= 0.6 is 11.6 Å². The smallest absolute Gasteiger partial charge is 0.140 e. The zero-order valence-corrected chi connectivity index (χ0v) is 14.5. The number of ether oxygens (including phenoxy) is 1. The number of hydrogen-bond acceptors (Lipinski definition) is 2. The van der Waals surface area contributed by atoms with Crippen LogP contribution in [0.25, 0.3) is 0 Å². The minimum absolute atomic E-state index is 0.729. The standard InChI is InChI=1S/C18H28ClNO/c1-13-9-16(4)18(17(19)10-13)21-7-5-6-20-11-14(2)8-15(3)12-20/h9-10,14-15H,5-8,11-12H2,1-4H3/t14-,15-/m0/s1. The molecule has 0 bridgehead atoms. The predicted octanol–water partition coefficient (Wildman–Crippen LogP) is 4.70. The third kappa shape index (κ3) is 4.89. The van der Waals surface area contributed by atoms with Crippen LogP contribution in [-0.4, -0.2) is 31.1 Å². The molecule has 1 aromatic carbocycles. The summed E-state index contributed by atoms with van der Waals surface area (Å²) in [7, 11) is 0. The predicted molar refractivity (Wildman–Crippen MR) is 90.4 cm³/mol. The first-order valence-electron chi connectivity index (χ1n) is 8.07. The number of piperidine rings is 1. The summed E-state index contributed by atoms with van der Waals surface area (Å²) < 4.78 is 5.91. The minimum Gasteiger partial charge on any atom is -0.492 e. The van der Waals surface area contributed by atoms with E-state index >= 15 is 0 Å². The van der Waals surface area contributed by atoms with E-state index in [1.165, 1.54) is 25.1 Å². The Kier molecular flexibility index (Phi) is 5.95. The van der Waals surface area contributed by atoms with E-state index in [9.17, 15) is 0 Å². The van der Waals surface area contributed by atoms with Crippen molar-refractivity contribution in [2.75, 3.05) is 26.2 Å². The summed E-state index contributed by atoms with van der Waals surface area (Å²) in [5, 5.41) is 0.729.